The van der Waals surface area contributed by atoms with E-state index >= 15 is 0 Å². The molecule has 6 nitrogen and oxygen atoms in total. The largest absolute Gasteiger partial charge is 0.459 e. The Hall–Kier alpha value is -2.03. The molecule has 0 aliphatic carbocycles. The number of nitrogens with zero attached hydrogens (tertiary/aromatic N) is 3. The van der Waals surface area contributed by atoms with Crippen LogP contribution in [0.4, 0.5) is 0 Å². The number of guanidine groups is 1. The normalized spacial score (nSPS) is 14.6. The van der Waals surface area contributed by atoms with Gasteiger partial charge in [0.15, 0.2) is 11.7 Å². The smallest absolute Gasteiger partial charge is 0.289 e. The Balaban J connectivity index is 0.00000280. The highest BCUT2D eigenvalue weighted by atomic mass is 127. The number of amides is 1. The molecule has 152 valence electrons. The van der Waals surface area contributed by atoms with E-state index < -0.39 is 0 Å². The van der Waals surface area contributed by atoms with Crippen LogP contribution in [0.2, 0.25) is 0 Å². The Morgan fingerprint density at radius 1 is 1.04 bits per heavy atom. The van der Waals surface area contributed by atoms with Gasteiger partial charge in [-0.3, -0.25) is 4.79 Å². The Morgan fingerprint density at radius 3 is 2.32 bits per heavy atom. The summed E-state index contributed by atoms with van der Waals surface area (Å²) in [6.45, 7) is 8.57. The Labute approximate surface area is 184 Å². The molecule has 0 atom stereocenters. The second kappa shape index (κ2) is 11.1. The summed E-state index contributed by atoms with van der Waals surface area (Å²) in [5.74, 6) is 1.27. The van der Waals surface area contributed by atoms with Crippen LogP contribution in [0, 0.1) is 0 Å². The Bertz CT molecular complexity index is 768. The number of nitrogens with one attached hydrogen (secondary N) is 1. The fraction of sp³-hybridized carbons (Fsp3) is 0.429. The summed E-state index contributed by atoms with van der Waals surface area (Å²) in [6, 6.07) is 11.9. The molecule has 1 N–H and O–H groups in total. The molecule has 7 heteroatoms. The summed E-state index contributed by atoms with van der Waals surface area (Å²) in [4.78, 5) is 21.3. The fourth-order valence-electron chi connectivity index (χ4n) is 3.32. The zero-order chi connectivity index (χ0) is 19.1. The van der Waals surface area contributed by atoms with Crippen LogP contribution in [0.3, 0.4) is 0 Å². The minimum Gasteiger partial charge on any atom is -0.459 e. The third-order valence-electron chi connectivity index (χ3n) is 4.83. The number of halogens is 1. The topological polar surface area (TPSA) is 61.1 Å². The van der Waals surface area contributed by atoms with E-state index in [0.29, 0.717) is 25.4 Å². The van der Waals surface area contributed by atoms with Crippen molar-refractivity contribution >= 4 is 35.8 Å². The molecular formula is C21H29IN4O2. The van der Waals surface area contributed by atoms with E-state index in [2.05, 4.69) is 48.3 Å². The van der Waals surface area contributed by atoms with Gasteiger partial charge in [0.05, 0.1) is 12.8 Å². The average molecular weight is 496 g/mol. The monoisotopic (exact) mass is 496 g/mol. The molecule has 0 bridgehead atoms. The van der Waals surface area contributed by atoms with E-state index in [1.165, 1.54) is 17.4 Å². The van der Waals surface area contributed by atoms with Crippen molar-refractivity contribution in [1.29, 1.82) is 0 Å². The van der Waals surface area contributed by atoms with Crippen molar-refractivity contribution in [2.75, 3.05) is 32.7 Å². The first kappa shape index (κ1) is 22.3. The van der Waals surface area contributed by atoms with Crippen LogP contribution < -0.4 is 5.32 Å². The molecule has 1 aromatic carbocycles. The van der Waals surface area contributed by atoms with Gasteiger partial charge in [-0.1, -0.05) is 31.2 Å². The maximum absolute atomic E-state index is 12.4. The van der Waals surface area contributed by atoms with Crippen LogP contribution >= 0.6 is 24.0 Å². The Kier molecular flexibility index (Phi) is 8.82. The number of rotatable bonds is 5. The van der Waals surface area contributed by atoms with Crippen molar-refractivity contribution < 1.29 is 9.21 Å². The molecule has 2 aromatic rings. The van der Waals surface area contributed by atoms with Gasteiger partial charge in [0, 0.05) is 32.7 Å². The minimum atomic E-state index is -0.0431. The first-order valence-electron chi connectivity index (χ1n) is 9.65. The quantitative estimate of drug-likeness (QED) is 0.392. The number of aryl methyl sites for hydroxylation is 1. The number of carbonyl (C=O) groups excluding carboxylic acids is 1. The molecule has 0 unspecified atom stereocenters. The Morgan fingerprint density at radius 2 is 1.71 bits per heavy atom. The van der Waals surface area contributed by atoms with E-state index in [9.17, 15) is 4.79 Å². The van der Waals surface area contributed by atoms with E-state index in [-0.39, 0.29) is 29.9 Å². The van der Waals surface area contributed by atoms with Crippen LogP contribution in [-0.4, -0.2) is 54.4 Å². The van der Waals surface area contributed by atoms with Crippen molar-refractivity contribution in [3.8, 4) is 0 Å². The molecule has 1 aliphatic heterocycles. The second-order valence-electron chi connectivity index (χ2n) is 6.55. The molecule has 0 saturated carbocycles. The number of hydrogen-bond acceptors (Lipinski definition) is 3. The first-order valence-corrected chi connectivity index (χ1v) is 9.65. The summed E-state index contributed by atoms with van der Waals surface area (Å²) >= 11 is 0. The van der Waals surface area contributed by atoms with Gasteiger partial charge in [0.25, 0.3) is 5.91 Å². The lowest BCUT2D eigenvalue weighted by molar-refractivity contribution is 0.0657. The highest BCUT2D eigenvalue weighted by molar-refractivity contribution is 14.0. The number of benzene rings is 1. The fourth-order valence-corrected chi connectivity index (χ4v) is 3.32. The van der Waals surface area contributed by atoms with Gasteiger partial charge in [0.1, 0.15) is 0 Å². The molecule has 0 radical (unpaired) electrons. The summed E-state index contributed by atoms with van der Waals surface area (Å²) in [5, 5.41) is 3.39. The third-order valence-corrected chi connectivity index (χ3v) is 4.83. The van der Waals surface area contributed by atoms with E-state index in [0.717, 1.165) is 32.0 Å². The standard InChI is InChI=1S/C21H28N4O2.HI/c1-3-17-8-5-6-9-18(17)16-23-21(22-4-2)25-13-11-24(12-14-25)20(26)19-10-7-15-27-19;/h5-10,15H,3-4,11-14,16H2,1-2H3,(H,22,23);1H. The third kappa shape index (κ3) is 5.50. The molecule has 28 heavy (non-hydrogen) atoms. The van der Waals surface area contributed by atoms with Crippen LogP contribution in [-0.2, 0) is 13.0 Å². The zero-order valence-corrected chi connectivity index (χ0v) is 18.9. The predicted octanol–water partition coefficient (Wildman–Crippen LogP) is 3.38. The van der Waals surface area contributed by atoms with Crippen molar-refractivity contribution in [1.82, 2.24) is 15.1 Å². The van der Waals surface area contributed by atoms with Crippen molar-refractivity contribution in [3.05, 3.63) is 59.5 Å². The van der Waals surface area contributed by atoms with Crippen molar-refractivity contribution in [2.45, 2.75) is 26.8 Å². The summed E-state index contributed by atoms with van der Waals surface area (Å²) in [6.07, 6.45) is 2.54. The highest BCUT2D eigenvalue weighted by Crippen LogP contribution is 2.12. The number of piperazine rings is 1. The van der Waals surface area contributed by atoms with Crippen LogP contribution in [0.5, 0.6) is 0 Å². The van der Waals surface area contributed by atoms with Crippen LogP contribution in [0.25, 0.3) is 0 Å². The zero-order valence-electron chi connectivity index (χ0n) is 16.6. The summed E-state index contributed by atoms with van der Waals surface area (Å²) in [7, 11) is 0. The first-order chi connectivity index (χ1) is 13.2. The lowest BCUT2D eigenvalue weighted by atomic mass is 10.1. The minimum absolute atomic E-state index is 0. The van der Waals surface area contributed by atoms with E-state index in [4.69, 9.17) is 9.41 Å². The van der Waals surface area contributed by atoms with Crippen molar-refractivity contribution in [3.63, 3.8) is 0 Å². The average Bonchev–Trinajstić information content (AvgIpc) is 3.26. The number of aliphatic imine (C=N–C) groups is 1. The predicted molar refractivity (Wildman–Crippen MR) is 122 cm³/mol. The van der Waals surface area contributed by atoms with Gasteiger partial charge in [-0.05, 0) is 36.6 Å². The molecule has 2 heterocycles. The second-order valence-corrected chi connectivity index (χ2v) is 6.55. The van der Waals surface area contributed by atoms with Crippen molar-refractivity contribution in [2.24, 2.45) is 4.99 Å². The lowest BCUT2D eigenvalue weighted by Crippen LogP contribution is -2.53. The maximum Gasteiger partial charge on any atom is 0.289 e. The van der Waals surface area contributed by atoms with E-state index in [1.807, 2.05) is 4.90 Å². The number of furan rings is 1. The SMILES string of the molecule is CCNC(=NCc1ccccc1CC)N1CCN(C(=O)c2ccco2)CC1.I. The van der Waals surface area contributed by atoms with E-state index in [1.54, 1.807) is 12.1 Å². The van der Waals surface area contributed by atoms with Gasteiger partial charge in [-0.15, -0.1) is 24.0 Å². The summed E-state index contributed by atoms with van der Waals surface area (Å²) < 4.78 is 5.23. The molecule has 1 amide bonds. The summed E-state index contributed by atoms with van der Waals surface area (Å²) in [5.41, 5.74) is 2.60. The molecule has 3 rings (SSSR count). The molecule has 1 saturated heterocycles. The molecule has 1 fully saturated rings. The van der Waals surface area contributed by atoms with Gasteiger partial charge >= 0.3 is 0 Å². The van der Waals surface area contributed by atoms with Crippen LogP contribution in [0.15, 0.2) is 52.1 Å². The highest BCUT2D eigenvalue weighted by Gasteiger charge is 2.25. The molecule has 0 spiro atoms. The lowest BCUT2D eigenvalue weighted by Gasteiger charge is -2.36. The molecule has 1 aromatic heterocycles. The van der Waals surface area contributed by atoms with Gasteiger partial charge < -0.3 is 19.5 Å². The number of hydrogen-bond donors (Lipinski definition) is 1. The van der Waals surface area contributed by atoms with Gasteiger partial charge in [0.2, 0.25) is 0 Å². The molecule has 1 aliphatic rings. The molecular weight excluding hydrogens is 467 g/mol. The van der Waals surface area contributed by atoms with Gasteiger partial charge in [-0.2, -0.15) is 0 Å². The van der Waals surface area contributed by atoms with Gasteiger partial charge in [-0.25, -0.2) is 4.99 Å². The van der Waals surface area contributed by atoms with Crippen LogP contribution in [0.1, 0.15) is 35.5 Å². The maximum atomic E-state index is 12.4. The number of carbonyl (C=O) groups is 1.